The molecule has 1 aromatic heterocycles. The van der Waals surface area contributed by atoms with Gasteiger partial charge < -0.3 is 0 Å². The van der Waals surface area contributed by atoms with Crippen LogP contribution >= 0.6 is 0 Å². The molecule has 192 valence electrons. The zero-order chi connectivity index (χ0) is 26.0. The summed E-state index contributed by atoms with van der Waals surface area (Å²) in [5.41, 5.74) is 3.70. The summed E-state index contributed by atoms with van der Waals surface area (Å²) in [6.07, 6.45) is 4.36. The highest BCUT2D eigenvalue weighted by Crippen LogP contribution is 2.41. The lowest BCUT2D eigenvalue weighted by Crippen LogP contribution is -2.44. The fourth-order valence-electron chi connectivity index (χ4n) is 4.97. The summed E-state index contributed by atoms with van der Waals surface area (Å²) in [6.45, 7) is 10.3. The van der Waals surface area contributed by atoms with Crippen LogP contribution in [0.4, 0.5) is 4.39 Å². The van der Waals surface area contributed by atoms with E-state index in [0.717, 1.165) is 54.7 Å². The quantitative estimate of drug-likeness (QED) is 0.421. The lowest BCUT2D eigenvalue weighted by atomic mass is 9.81. The van der Waals surface area contributed by atoms with Crippen molar-refractivity contribution in [3.8, 4) is 0 Å². The Morgan fingerprint density at radius 2 is 1.72 bits per heavy atom. The Kier molecular flexibility index (Phi) is 7.64. The maximum Gasteiger partial charge on any atom is 0.240 e. The summed E-state index contributed by atoms with van der Waals surface area (Å²) < 4.78 is 42.6. The van der Waals surface area contributed by atoms with Gasteiger partial charge in [-0.3, -0.25) is 9.88 Å². The molecule has 1 saturated heterocycles. The number of likely N-dealkylation sites (tertiary alicyclic amines) is 1. The third-order valence-electron chi connectivity index (χ3n) is 7.67. The van der Waals surface area contributed by atoms with Crippen LogP contribution in [0.5, 0.6) is 0 Å². The summed E-state index contributed by atoms with van der Waals surface area (Å²) in [5, 5.41) is 0. The largest absolute Gasteiger partial charge is 0.293 e. The van der Waals surface area contributed by atoms with E-state index in [-0.39, 0.29) is 21.7 Å². The third-order valence-corrected chi connectivity index (χ3v) is 9.09. The molecule has 0 amide bonds. The molecular formula is C29H36FN3O2S. The minimum Gasteiger partial charge on any atom is -0.293 e. The highest BCUT2D eigenvalue weighted by Gasteiger charge is 2.44. The van der Waals surface area contributed by atoms with Gasteiger partial charge in [0.25, 0.3) is 0 Å². The molecule has 0 aliphatic carbocycles. The number of hydrogen-bond acceptors (Lipinski definition) is 4. The van der Waals surface area contributed by atoms with Crippen LogP contribution < -0.4 is 4.72 Å². The smallest absolute Gasteiger partial charge is 0.240 e. The van der Waals surface area contributed by atoms with Gasteiger partial charge in [-0.2, -0.15) is 0 Å². The van der Waals surface area contributed by atoms with Crippen LogP contribution in [0, 0.1) is 25.1 Å². The van der Waals surface area contributed by atoms with Crippen molar-refractivity contribution in [1.29, 1.82) is 0 Å². The summed E-state index contributed by atoms with van der Waals surface area (Å²) in [5.74, 6) is -0.250. The fraction of sp³-hybridized carbons (Fsp3) is 0.414. The minimum absolute atomic E-state index is 0.242. The zero-order valence-corrected chi connectivity index (χ0v) is 22.4. The number of nitrogens with one attached hydrogen (secondary N) is 1. The van der Waals surface area contributed by atoms with Crippen LogP contribution in [-0.4, -0.2) is 37.9 Å². The number of aryl methyl sites for hydroxylation is 3. The Morgan fingerprint density at radius 3 is 2.36 bits per heavy atom. The number of halogens is 1. The number of nitrogens with zero attached hydrogens (tertiary/aromatic N) is 2. The van der Waals surface area contributed by atoms with E-state index in [2.05, 4.69) is 34.5 Å². The molecule has 1 atom stereocenters. The molecule has 0 spiro atoms. The normalized spacial score (nSPS) is 19.0. The van der Waals surface area contributed by atoms with E-state index >= 15 is 0 Å². The number of benzene rings is 2. The molecule has 3 aromatic rings. The van der Waals surface area contributed by atoms with E-state index in [0.29, 0.717) is 6.54 Å². The molecular weight excluding hydrogens is 473 g/mol. The standard InChI is InChI=1S/C29H36FN3O2S/c1-22-5-13-27(14-6-22)36(34,35)32-20-29(16-15-24-8-11-26(30)12-9-24)17-18-33(21-29)28(3,4)25-10-7-23(2)31-19-25/h5-14,19,32H,15-18,20-21H2,1-4H3. The van der Waals surface area contributed by atoms with E-state index < -0.39 is 10.0 Å². The molecule has 7 heteroatoms. The first-order chi connectivity index (χ1) is 17.0. The Bertz CT molecular complexity index is 1270. The predicted octanol–water partition coefficient (Wildman–Crippen LogP) is 5.38. The molecule has 5 nitrogen and oxygen atoms in total. The average molecular weight is 510 g/mol. The van der Waals surface area contributed by atoms with Crippen LogP contribution in [0.25, 0.3) is 0 Å². The van der Waals surface area contributed by atoms with Gasteiger partial charge in [-0.1, -0.05) is 35.9 Å². The van der Waals surface area contributed by atoms with Gasteiger partial charge in [0.1, 0.15) is 5.82 Å². The van der Waals surface area contributed by atoms with Crippen molar-refractivity contribution in [2.45, 2.75) is 57.4 Å². The van der Waals surface area contributed by atoms with Crippen molar-refractivity contribution in [3.63, 3.8) is 0 Å². The molecule has 0 radical (unpaired) electrons. The second-order valence-electron chi connectivity index (χ2n) is 10.7. The Morgan fingerprint density at radius 1 is 1.03 bits per heavy atom. The van der Waals surface area contributed by atoms with Gasteiger partial charge in [0.15, 0.2) is 0 Å². The Labute approximate surface area is 214 Å². The van der Waals surface area contributed by atoms with Gasteiger partial charge in [-0.15, -0.1) is 0 Å². The Hall–Kier alpha value is -2.61. The number of sulfonamides is 1. The van der Waals surface area contributed by atoms with Crippen molar-refractivity contribution in [2.24, 2.45) is 5.41 Å². The van der Waals surface area contributed by atoms with E-state index in [1.54, 1.807) is 12.1 Å². The van der Waals surface area contributed by atoms with Gasteiger partial charge in [0, 0.05) is 30.5 Å². The van der Waals surface area contributed by atoms with Crippen molar-refractivity contribution < 1.29 is 12.8 Å². The average Bonchev–Trinajstić information content (AvgIpc) is 3.29. The lowest BCUT2D eigenvalue weighted by molar-refractivity contribution is 0.128. The molecule has 1 aliphatic heterocycles. The van der Waals surface area contributed by atoms with Crippen molar-refractivity contribution in [3.05, 3.63) is 95.1 Å². The summed E-state index contributed by atoms with van der Waals surface area (Å²) in [4.78, 5) is 7.21. The van der Waals surface area contributed by atoms with Crippen molar-refractivity contribution in [1.82, 2.24) is 14.6 Å². The molecule has 1 aliphatic rings. The van der Waals surface area contributed by atoms with Crippen LogP contribution in [0.3, 0.4) is 0 Å². The van der Waals surface area contributed by atoms with Gasteiger partial charge in [-0.05, 0) is 100 Å². The van der Waals surface area contributed by atoms with Gasteiger partial charge in [0.05, 0.1) is 4.90 Å². The van der Waals surface area contributed by atoms with E-state index in [9.17, 15) is 12.8 Å². The number of aromatic nitrogens is 1. The molecule has 1 unspecified atom stereocenters. The van der Waals surface area contributed by atoms with Gasteiger partial charge >= 0.3 is 0 Å². The van der Waals surface area contributed by atoms with Gasteiger partial charge in [-0.25, -0.2) is 17.5 Å². The van der Waals surface area contributed by atoms with Crippen LogP contribution in [0.1, 0.15) is 49.1 Å². The molecule has 4 rings (SSSR count). The molecule has 36 heavy (non-hydrogen) atoms. The number of hydrogen-bond donors (Lipinski definition) is 1. The van der Waals surface area contributed by atoms with Gasteiger partial charge in [0.2, 0.25) is 10.0 Å². The van der Waals surface area contributed by atoms with E-state index in [1.807, 2.05) is 50.4 Å². The SMILES string of the molecule is Cc1ccc(S(=O)(=O)NCC2(CCc3ccc(F)cc3)CCN(C(C)(C)c3ccc(C)nc3)C2)cc1. The van der Waals surface area contributed by atoms with Crippen molar-refractivity contribution >= 4 is 10.0 Å². The van der Waals surface area contributed by atoms with Crippen LogP contribution in [0.2, 0.25) is 0 Å². The molecule has 1 N–H and O–H groups in total. The molecule has 0 bridgehead atoms. The molecule has 2 aromatic carbocycles. The van der Waals surface area contributed by atoms with E-state index in [1.165, 1.54) is 12.1 Å². The van der Waals surface area contributed by atoms with Crippen LogP contribution in [-0.2, 0) is 22.0 Å². The summed E-state index contributed by atoms with van der Waals surface area (Å²) in [7, 11) is -3.63. The number of pyridine rings is 1. The summed E-state index contributed by atoms with van der Waals surface area (Å²) >= 11 is 0. The van der Waals surface area contributed by atoms with Crippen LogP contribution in [0.15, 0.2) is 71.8 Å². The minimum atomic E-state index is -3.63. The lowest BCUT2D eigenvalue weighted by Gasteiger charge is -2.38. The second-order valence-corrected chi connectivity index (χ2v) is 12.4. The molecule has 2 heterocycles. The highest BCUT2D eigenvalue weighted by molar-refractivity contribution is 7.89. The zero-order valence-electron chi connectivity index (χ0n) is 21.6. The first-order valence-corrected chi connectivity index (χ1v) is 14.0. The first-order valence-electron chi connectivity index (χ1n) is 12.5. The van der Waals surface area contributed by atoms with E-state index in [4.69, 9.17) is 0 Å². The maximum absolute atomic E-state index is 13.4. The topological polar surface area (TPSA) is 62.3 Å². The monoisotopic (exact) mass is 509 g/mol. The second kappa shape index (κ2) is 10.4. The molecule has 0 saturated carbocycles. The third kappa shape index (κ3) is 6.02. The Balaban J connectivity index is 1.55. The fourth-order valence-corrected chi connectivity index (χ4v) is 6.13. The van der Waals surface area contributed by atoms with Crippen molar-refractivity contribution in [2.75, 3.05) is 19.6 Å². The first kappa shape index (κ1) is 26.5. The predicted molar refractivity (Wildman–Crippen MR) is 142 cm³/mol. The highest BCUT2D eigenvalue weighted by atomic mass is 32.2. The summed E-state index contributed by atoms with van der Waals surface area (Å²) in [6, 6.07) is 17.7. The maximum atomic E-state index is 13.4. The molecule has 1 fully saturated rings. The number of rotatable bonds is 9.